The second-order valence-corrected chi connectivity index (χ2v) is 3.66. The highest BCUT2D eigenvalue weighted by Gasteiger charge is 2.15. The van der Waals surface area contributed by atoms with Gasteiger partial charge in [-0.25, -0.2) is 4.79 Å². The summed E-state index contributed by atoms with van der Waals surface area (Å²) in [6.07, 6.45) is 0. The minimum absolute atomic E-state index is 0.257. The molecule has 0 fully saturated rings. The molecule has 1 N–H and O–H groups in total. The summed E-state index contributed by atoms with van der Waals surface area (Å²) in [5.41, 5.74) is 0.521. The average molecular weight is 283 g/mol. The molecule has 6 heteroatoms. The number of benzene rings is 1. The van der Waals surface area contributed by atoms with Gasteiger partial charge >= 0.3 is 11.9 Å². The average Bonchev–Trinajstić information content (AvgIpc) is 2.28. The van der Waals surface area contributed by atoms with E-state index in [-0.39, 0.29) is 11.3 Å². The molecule has 0 saturated heterocycles. The number of methoxy groups -OCH3 is 1. The second-order valence-electron chi connectivity index (χ2n) is 2.75. The Morgan fingerprint density at radius 1 is 1.50 bits per heavy atom. The van der Waals surface area contributed by atoms with E-state index in [1.165, 1.54) is 12.1 Å². The Balaban J connectivity index is 2.97. The van der Waals surface area contributed by atoms with E-state index in [1.54, 1.807) is 6.07 Å². The summed E-state index contributed by atoms with van der Waals surface area (Å²) >= 11 is 3.19. The Labute approximate surface area is 100 Å². The summed E-state index contributed by atoms with van der Waals surface area (Å²) in [5, 5.41) is 11.1. The molecule has 1 rings (SSSR count). The van der Waals surface area contributed by atoms with Crippen molar-refractivity contribution in [2.75, 3.05) is 12.4 Å². The molecule has 0 atom stereocenters. The molecule has 0 saturated carbocycles. The van der Waals surface area contributed by atoms with Gasteiger partial charge in [0, 0.05) is 4.47 Å². The number of ether oxygens (including phenoxy) is 1. The molecule has 16 heavy (non-hydrogen) atoms. The van der Waals surface area contributed by atoms with Crippen LogP contribution in [0.25, 0.3) is 0 Å². The van der Waals surface area contributed by atoms with Gasteiger partial charge in [0.15, 0.2) is 0 Å². The molecule has 0 aliphatic heterocycles. The molecule has 0 unspecified atom stereocenters. The molecular weight excluding hydrogens is 276 g/mol. The number of nitrogens with one attached hydrogen (secondary N) is 1. The predicted molar refractivity (Wildman–Crippen MR) is 59.5 cm³/mol. The van der Waals surface area contributed by atoms with Crippen molar-refractivity contribution in [3.8, 4) is 6.07 Å². The van der Waals surface area contributed by atoms with Crippen LogP contribution in [0.2, 0.25) is 0 Å². The Morgan fingerprint density at radius 3 is 2.75 bits per heavy atom. The lowest BCUT2D eigenvalue weighted by atomic mass is 10.2. The fourth-order valence-corrected chi connectivity index (χ4v) is 1.34. The molecule has 0 aliphatic carbocycles. The van der Waals surface area contributed by atoms with Gasteiger partial charge < -0.3 is 10.1 Å². The first-order valence-corrected chi connectivity index (χ1v) is 4.96. The highest BCUT2D eigenvalue weighted by atomic mass is 79.9. The van der Waals surface area contributed by atoms with Crippen molar-refractivity contribution < 1.29 is 14.3 Å². The van der Waals surface area contributed by atoms with Gasteiger partial charge in [-0.3, -0.25) is 4.79 Å². The lowest BCUT2D eigenvalue weighted by Gasteiger charge is -2.05. The predicted octanol–water partition coefficient (Wildman–Crippen LogP) is 1.43. The number of amides is 1. The Bertz CT molecular complexity index is 479. The Hall–Kier alpha value is -1.87. The van der Waals surface area contributed by atoms with E-state index in [4.69, 9.17) is 5.26 Å². The van der Waals surface area contributed by atoms with E-state index < -0.39 is 11.9 Å². The number of nitriles is 1. The number of anilines is 1. The third-order valence-corrected chi connectivity index (χ3v) is 2.21. The van der Waals surface area contributed by atoms with Crippen LogP contribution in [0.3, 0.4) is 0 Å². The van der Waals surface area contributed by atoms with Crippen LogP contribution in [0.4, 0.5) is 5.69 Å². The topological polar surface area (TPSA) is 79.2 Å². The fourth-order valence-electron chi connectivity index (χ4n) is 0.983. The monoisotopic (exact) mass is 282 g/mol. The number of hydrogen-bond donors (Lipinski definition) is 1. The lowest BCUT2D eigenvalue weighted by molar-refractivity contribution is -0.150. The lowest BCUT2D eigenvalue weighted by Crippen LogP contribution is -2.24. The van der Waals surface area contributed by atoms with Gasteiger partial charge in [-0.1, -0.05) is 15.9 Å². The summed E-state index contributed by atoms with van der Waals surface area (Å²) in [6, 6.07) is 6.61. The van der Waals surface area contributed by atoms with Crippen molar-refractivity contribution >= 4 is 33.5 Å². The fraction of sp³-hybridized carbons (Fsp3) is 0.100. The van der Waals surface area contributed by atoms with Gasteiger partial charge in [-0.05, 0) is 18.2 Å². The number of esters is 1. The number of nitrogens with zero attached hydrogens (tertiary/aromatic N) is 1. The Kier molecular flexibility index (Phi) is 4.03. The summed E-state index contributed by atoms with van der Waals surface area (Å²) in [7, 11) is 1.11. The number of carbonyl (C=O) groups excluding carboxylic acids is 2. The molecule has 82 valence electrons. The molecule has 0 spiro atoms. The van der Waals surface area contributed by atoms with Crippen molar-refractivity contribution in [1.82, 2.24) is 0 Å². The third-order valence-electron chi connectivity index (χ3n) is 1.72. The molecule has 5 nitrogen and oxygen atoms in total. The molecule has 1 amide bonds. The molecule has 0 heterocycles. The van der Waals surface area contributed by atoms with E-state index in [0.29, 0.717) is 4.47 Å². The zero-order valence-corrected chi connectivity index (χ0v) is 9.87. The van der Waals surface area contributed by atoms with Crippen LogP contribution >= 0.6 is 15.9 Å². The minimum Gasteiger partial charge on any atom is -0.462 e. The van der Waals surface area contributed by atoms with Crippen LogP contribution in [-0.2, 0) is 14.3 Å². The van der Waals surface area contributed by atoms with Crippen molar-refractivity contribution in [3.05, 3.63) is 28.2 Å². The third kappa shape index (κ3) is 2.81. The van der Waals surface area contributed by atoms with Crippen LogP contribution in [-0.4, -0.2) is 19.0 Å². The standard InChI is InChI=1S/C10H7BrN2O3/c1-16-10(15)9(14)13-8-4-7(11)3-2-6(8)5-12/h2-4H,1H3,(H,13,14). The Morgan fingerprint density at radius 2 is 2.19 bits per heavy atom. The van der Waals surface area contributed by atoms with Crippen LogP contribution in [0.5, 0.6) is 0 Å². The van der Waals surface area contributed by atoms with Gasteiger partial charge in [0.1, 0.15) is 6.07 Å². The number of rotatable bonds is 1. The first-order valence-electron chi connectivity index (χ1n) is 4.17. The van der Waals surface area contributed by atoms with Crippen molar-refractivity contribution in [3.63, 3.8) is 0 Å². The van der Waals surface area contributed by atoms with Gasteiger partial charge in [-0.15, -0.1) is 0 Å². The molecule has 0 aliphatic rings. The normalized spacial score (nSPS) is 9.06. The maximum atomic E-state index is 11.2. The zero-order chi connectivity index (χ0) is 12.1. The minimum atomic E-state index is -1.01. The summed E-state index contributed by atoms with van der Waals surface area (Å²) < 4.78 is 4.93. The molecule has 0 radical (unpaired) electrons. The van der Waals surface area contributed by atoms with Crippen molar-refractivity contribution in [1.29, 1.82) is 5.26 Å². The quantitative estimate of drug-likeness (QED) is 0.624. The molecular formula is C10H7BrN2O3. The van der Waals surface area contributed by atoms with Crippen molar-refractivity contribution in [2.24, 2.45) is 0 Å². The van der Waals surface area contributed by atoms with Crippen LogP contribution in [0, 0.1) is 11.3 Å². The largest absolute Gasteiger partial charge is 0.462 e. The number of carbonyl (C=O) groups is 2. The first kappa shape index (κ1) is 12.2. The molecule has 0 aromatic heterocycles. The SMILES string of the molecule is COC(=O)C(=O)Nc1cc(Br)ccc1C#N. The summed E-state index contributed by atoms with van der Waals surface area (Å²) in [5.74, 6) is -1.93. The highest BCUT2D eigenvalue weighted by Crippen LogP contribution is 2.20. The van der Waals surface area contributed by atoms with Crippen LogP contribution in [0.15, 0.2) is 22.7 Å². The van der Waals surface area contributed by atoms with E-state index in [0.717, 1.165) is 7.11 Å². The molecule has 1 aromatic rings. The zero-order valence-electron chi connectivity index (χ0n) is 8.28. The summed E-state index contributed by atoms with van der Waals surface area (Å²) in [6.45, 7) is 0. The number of hydrogen-bond acceptors (Lipinski definition) is 4. The van der Waals surface area contributed by atoms with Crippen LogP contribution in [0.1, 0.15) is 5.56 Å². The van der Waals surface area contributed by atoms with Gasteiger partial charge in [-0.2, -0.15) is 5.26 Å². The van der Waals surface area contributed by atoms with E-state index in [1.807, 2.05) is 6.07 Å². The van der Waals surface area contributed by atoms with E-state index >= 15 is 0 Å². The van der Waals surface area contributed by atoms with Crippen molar-refractivity contribution in [2.45, 2.75) is 0 Å². The smallest absolute Gasteiger partial charge is 0.396 e. The van der Waals surface area contributed by atoms with E-state index in [2.05, 4.69) is 26.0 Å². The maximum absolute atomic E-state index is 11.2. The molecule has 0 bridgehead atoms. The maximum Gasteiger partial charge on any atom is 0.396 e. The molecule has 1 aromatic carbocycles. The van der Waals surface area contributed by atoms with Gasteiger partial charge in [0.2, 0.25) is 0 Å². The first-order chi connectivity index (χ1) is 7.58. The van der Waals surface area contributed by atoms with Gasteiger partial charge in [0.05, 0.1) is 18.4 Å². The van der Waals surface area contributed by atoms with Gasteiger partial charge in [0.25, 0.3) is 0 Å². The number of halogens is 1. The van der Waals surface area contributed by atoms with Crippen LogP contribution < -0.4 is 5.32 Å². The second kappa shape index (κ2) is 5.28. The summed E-state index contributed by atoms with van der Waals surface area (Å²) in [4.78, 5) is 22.1. The van der Waals surface area contributed by atoms with E-state index in [9.17, 15) is 9.59 Å². The highest BCUT2D eigenvalue weighted by molar-refractivity contribution is 9.10.